The summed E-state index contributed by atoms with van der Waals surface area (Å²) in [4.78, 5) is 12.0. The van der Waals surface area contributed by atoms with Gasteiger partial charge in [-0.25, -0.2) is 0 Å². The first-order chi connectivity index (χ1) is 8.42. The highest BCUT2D eigenvalue weighted by molar-refractivity contribution is 7.80. The SMILES string of the molecule is CC(C)(NC(=O)CCCc1ccccc1)C(N)=S. The van der Waals surface area contributed by atoms with Crippen LogP contribution in [0, 0.1) is 0 Å². The maximum atomic E-state index is 11.7. The van der Waals surface area contributed by atoms with E-state index in [4.69, 9.17) is 18.0 Å². The molecule has 98 valence electrons. The van der Waals surface area contributed by atoms with Gasteiger partial charge in [0.15, 0.2) is 0 Å². The fraction of sp³-hybridized carbons (Fsp3) is 0.429. The zero-order valence-electron chi connectivity index (χ0n) is 10.9. The van der Waals surface area contributed by atoms with Crippen molar-refractivity contribution in [2.75, 3.05) is 0 Å². The Kier molecular flexibility index (Phi) is 5.28. The molecule has 0 saturated carbocycles. The Bertz CT molecular complexity index is 415. The molecule has 0 saturated heterocycles. The first-order valence-corrected chi connectivity index (χ1v) is 6.47. The Morgan fingerprint density at radius 3 is 2.50 bits per heavy atom. The molecule has 1 aromatic rings. The topological polar surface area (TPSA) is 55.1 Å². The molecule has 3 N–H and O–H groups in total. The molecule has 0 fully saturated rings. The highest BCUT2D eigenvalue weighted by Crippen LogP contribution is 2.07. The normalized spacial score (nSPS) is 11.0. The number of hydrogen-bond acceptors (Lipinski definition) is 2. The summed E-state index contributed by atoms with van der Waals surface area (Å²) in [6.07, 6.45) is 2.21. The molecule has 0 unspecified atom stereocenters. The van der Waals surface area contributed by atoms with E-state index in [0.717, 1.165) is 12.8 Å². The summed E-state index contributed by atoms with van der Waals surface area (Å²) in [5.41, 5.74) is 6.19. The van der Waals surface area contributed by atoms with E-state index < -0.39 is 5.54 Å². The molecule has 0 aliphatic rings. The quantitative estimate of drug-likeness (QED) is 0.774. The number of nitrogens with one attached hydrogen (secondary N) is 1. The molecule has 1 amide bonds. The van der Waals surface area contributed by atoms with Gasteiger partial charge in [-0.3, -0.25) is 4.79 Å². The van der Waals surface area contributed by atoms with Crippen LogP contribution in [0.15, 0.2) is 30.3 Å². The summed E-state index contributed by atoms with van der Waals surface area (Å²) in [5, 5.41) is 2.84. The van der Waals surface area contributed by atoms with E-state index >= 15 is 0 Å². The Morgan fingerprint density at radius 2 is 1.94 bits per heavy atom. The van der Waals surface area contributed by atoms with Crippen LogP contribution in [0.1, 0.15) is 32.3 Å². The lowest BCUT2D eigenvalue weighted by Gasteiger charge is -2.24. The lowest BCUT2D eigenvalue weighted by molar-refractivity contribution is -0.122. The number of hydrogen-bond donors (Lipinski definition) is 2. The van der Waals surface area contributed by atoms with E-state index in [-0.39, 0.29) is 5.91 Å². The summed E-state index contributed by atoms with van der Waals surface area (Å²) in [5.74, 6) is -0.0104. The number of amides is 1. The van der Waals surface area contributed by atoms with Crippen molar-refractivity contribution in [3.05, 3.63) is 35.9 Å². The molecule has 1 rings (SSSR count). The second-order valence-electron chi connectivity index (χ2n) is 4.88. The van der Waals surface area contributed by atoms with Crippen molar-refractivity contribution in [1.82, 2.24) is 5.32 Å². The zero-order chi connectivity index (χ0) is 13.6. The van der Waals surface area contributed by atoms with Gasteiger partial charge in [-0.1, -0.05) is 42.5 Å². The van der Waals surface area contributed by atoms with Gasteiger partial charge >= 0.3 is 0 Å². The van der Waals surface area contributed by atoms with Crippen LogP contribution in [0.2, 0.25) is 0 Å². The Balaban J connectivity index is 2.32. The van der Waals surface area contributed by atoms with Crippen LogP contribution in [0.25, 0.3) is 0 Å². The van der Waals surface area contributed by atoms with Crippen molar-refractivity contribution in [3.63, 3.8) is 0 Å². The van der Waals surface area contributed by atoms with Crippen molar-refractivity contribution in [1.29, 1.82) is 0 Å². The Morgan fingerprint density at radius 1 is 1.33 bits per heavy atom. The van der Waals surface area contributed by atoms with E-state index in [9.17, 15) is 4.79 Å². The lowest BCUT2D eigenvalue weighted by atomic mass is 10.0. The molecule has 0 aliphatic heterocycles. The highest BCUT2D eigenvalue weighted by atomic mass is 32.1. The Labute approximate surface area is 114 Å². The molecule has 18 heavy (non-hydrogen) atoms. The Hall–Kier alpha value is -1.42. The minimum Gasteiger partial charge on any atom is -0.391 e. The minimum atomic E-state index is -0.612. The molecular formula is C14H20N2OS. The van der Waals surface area contributed by atoms with Crippen LogP contribution in [0.5, 0.6) is 0 Å². The summed E-state index contributed by atoms with van der Waals surface area (Å²) < 4.78 is 0. The smallest absolute Gasteiger partial charge is 0.220 e. The van der Waals surface area contributed by atoms with Crippen LogP contribution in [0.3, 0.4) is 0 Å². The van der Waals surface area contributed by atoms with Crippen LogP contribution in [-0.4, -0.2) is 16.4 Å². The minimum absolute atomic E-state index is 0.0104. The van der Waals surface area contributed by atoms with Crippen LogP contribution < -0.4 is 11.1 Å². The number of thiocarbonyl (C=S) groups is 1. The predicted molar refractivity (Wildman–Crippen MR) is 78.4 cm³/mol. The second-order valence-corrected chi connectivity index (χ2v) is 5.32. The van der Waals surface area contributed by atoms with Gasteiger partial charge in [0.2, 0.25) is 5.91 Å². The third-order valence-electron chi connectivity index (χ3n) is 2.78. The molecule has 0 radical (unpaired) electrons. The number of aryl methyl sites for hydroxylation is 1. The van der Waals surface area contributed by atoms with Crippen LogP contribution in [0.4, 0.5) is 0 Å². The molecular weight excluding hydrogens is 244 g/mol. The maximum absolute atomic E-state index is 11.7. The largest absolute Gasteiger partial charge is 0.391 e. The molecule has 0 bridgehead atoms. The van der Waals surface area contributed by atoms with Crippen molar-refractivity contribution in [2.24, 2.45) is 5.73 Å². The van der Waals surface area contributed by atoms with Crippen molar-refractivity contribution in [2.45, 2.75) is 38.6 Å². The molecule has 0 aliphatic carbocycles. The summed E-state index contributed by atoms with van der Waals surface area (Å²) in [6.45, 7) is 3.62. The summed E-state index contributed by atoms with van der Waals surface area (Å²) in [6, 6.07) is 10.1. The van der Waals surface area contributed by atoms with Crippen molar-refractivity contribution in [3.8, 4) is 0 Å². The average Bonchev–Trinajstić information content (AvgIpc) is 2.29. The summed E-state index contributed by atoms with van der Waals surface area (Å²) >= 11 is 4.90. The van der Waals surface area contributed by atoms with Crippen LogP contribution >= 0.6 is 12.2 Å². The predicted octanol–water partition coefficient (Wildman–Crippen LogP) is 2.19. The number of carbonyl (C=O) groups is 1. The lowest BCUT2D eigenvalue weighted by Crippen LogP contribution is -2.52. The number of rotatable bonds is 6. The number of nitrogens with two attached hydrogens (primary N) is 1. The first-order valence-electron chi connectivity index (χ1n) is 6.06. The first kappa shape index (κ1) is 14.6. The molecule has 0 heterocycles. The van der Waals surface area contributed by atoms with E-state index in [0.29, 0.717) is 11.4 Å². The van der Waals surface area contributed by atoms with Gasteiger partial charge in [0.25, 0.3) is 0 Å². The van der Waals surface area contributed by atoms with E-state index in [2.05, 4.69) is 17.4 Å². The molecule has 0 spiro atoms. The second kappa shape index (κ2) is 6.50. The zero-order valence-corrected chi connectivity index (χ0v) is 11.7. The summed E-state index contributed by atoms with van der Waals surface area (Å²) in [7, 11) is 0. The fourth-order valence-electron chi connectivity index (χ4n) is 1.57. The standard InChI is InChI=1S/C14H20N2OS/c1-14(2,13(15)18)16-12(17)10-6-9-11-7-4-3-5-8-11/h3-5,7-8H,6,9-10H2,1-2H3,(H2,15,18)(H,16,17). The average molecular weight is 264 g/mol. The molecule has 0 atom stereocenters. The molecule has 0 aromatic heterocycles. The fourth-order valence-corrected chi connectivity index (χ4v) is 1.62. The number of carbonyl (C=O) groups excluding carboxylic acids is 1. The van der Waals surface area contributed by atoms with Gasteiger partial charge in [0.05, 0.1) is 10.5 Å². The van der Waals surface area contributed by atoms with Gasteiger partial charge in [-0.05, 0) is 32.3 Å². The van der Waals surface area contributed by atoms with Gasteiger partial charge in [0, 0.05) is 6.42 Å². The molecule has 3 nitrogen and oxygen atoms in total. The molecule has 4 heteroatoms. The van der Waals surface area contributed by atoms with Gasteiger partial charge in [-0.2, -0.15) is 0 Å². The van der Waals surface area contributed by atoms with Crippen molar-refractivity contribution < 1.29 is 4.79 Å². The highest BCUT2D eigenvalue weighted by Gasteiger charge is 2.22. The maximum Gasteiger partial charge on any atom is 0.220 e. The van der Waals surface area contributed by atoms with Gasteiger partial charge < -0.3 is 11.1 Å². The van der Waals surface area contributed by atoms with E-state index in [1.165, 1.54) is 5.56 Å². The van der Waals surface area contributed by atoms with Crippen molar-refractivity contribution >= 4 is 23.1 Å². The third kappa shape index (κ3) is 4.84. The molecule has 1 aromatic carbocycles. The van der Waals surface area contributed by atoms with Gasteiger partial charge in [0.1, 0.15) is 0 Å². The van der Waals surface area contributed by atoms with Gasteiger partial charge in [-0.15, -0.1) is 0 Å². The van der Waals surface area contributed by atoms with E-state index in [1.54, 1.807) is 0 Å². The number of benzene rings is 1. The third-order valence-corrected chi connectivity index (χ3v) is 3.29. The van der Waals surface area contributed by atoms with Crippen LogP contribution in [-0.2, 0) is 11.2 Å². The van der Waals surface area contributed by atoms with E-state index in [1.807, 2.05) is 32.0 Å². The monoisotopic (exact) mass is 264 g/mol.